The van der Waals surface area contributed by atoms with Crippen LogP contribution in [0.25, 0.3) is 0 Å². The van der Waals surface area contributed by atoms with Crippen molar-refractivity contribution in [3.05, 3.63) is 57.7 Å². The predicted octanol–water partition coefficient (Wildman–Crippen LogP) is 12.7. The lowest BCUT2D eigenvalue weighted by atomic mass is 9.32. The third kappa shape index (κ3) is 5.56. The van der Waals surface area contributed by atoms with Crippen molar-refractivity contribution in [3.8, 4) is 11.5 Å². The number of ether oxygens (including phenoxy) is 5. The topological polar surface area (TPSA) is 118 Å². The lowest BCUT2D eigenvalue weighted by molar-refractivity contribution is -0.232. The minimum Gasteiger partial charge on any atom is -0.471 e. The van der Waals surface area contributed by atoms with E-state index in [1.165, 1.54) is 25.4 Å². The van der Waals surface area contributed by atoms with Crippen molar-refractivity contribution in [1.29, 1.82) is 0 Å². The van der Waals surface area contributed by atoms with Crippen molar-refractivity contribution in [2.45, 2.75) is 202 Å². The van der Waals surface area contributed by atoms with E-state index >= 15 is 4.79 Å². The van der Waals surface area contributed by atoms with Gasteiger partial charge < -0.3 is 28.8 Å². The molecule has 1 N–H and O–H groups in total. The largest absolute Gasteiger partial charge is 0.471 e. The van der Waals surface area contributed by atoms with Gasteiger partial charge in [0.1, 0.15) is 0 Å². The van der Waals surface area contributed by atoms with E-state index in [2.05, 4.69) is 94.4 Å². The predicted molar refractivity (Wildman–Crippen MR) is 269 cm³/mol. The maximum absolute atomic E-state index is 15.0. The lowest BCUT2D eigenvalue weighted by Crippen LogP contribution is -2.70. The van der Waals surface area contributed by atoms with Crippen molar-refractivity contribution >= 4 is 17.7 Å². The van der Waals surface area contributed by atoms with Crippen LogP contribution in [0.15, 0.2) is 41.0 Å². The van der Waals surface area contributed by atoms with Gasteiger partial charge in [-0.1, -0.05) is 73.1 Å². The molecule has 1 heterocycles. The number of rotatable bonds is 3. The molecule has 0 bridgehead atoms. The fraction of sp³-hybridized carbons (Fsp3) is 0.754. The van der Waals surface area contributed by atoms with Gasteiger partial charge >= 0.3 is 17.7 Å². The smallest absolute Gasteiger partial charge is 0.317 e. The molecule has 10 aliphatic rings. The number of allylic oxidation sites excluding steroid dienone is 3. The molecular formula is C61H84O9. The van der Waals surface area contributed by atoms with Crippen molar-refractivity contribution in [2.75, 3.05) is 21.3 Å². The quantitative estimate of drug-likeness (QED) is 0.296. The highest BCUT2D eigenvalue weighted by Crippen LogP contribution is 2.78. The molecule has 0 saturated heterocycles. The molecular weight excluding hydrogens is 877 g/mol. The zero-order valence-electron chi connectivity index (χ0n) is 45.4. The summed E-state index contributed by atoms with van der Waals surface area (Å²) in [7, 11) is 4.89. The third-order valence-corrected chi connectivity index (χ3v) is 25.2. The van der Waals surface area contributed by atoms with E-state index in [0.717, 1.165) is 119 Å². The van der Waals surface area contributed by atoms with Crippen LogP contribution in [0, 0.1) is 73.4 Å². The lowest BCUT2D eigenvalue weighted by Gasteiger charge is -2.72. The molecule has 1 aliphatic heterocycles. The maximum atomic E-state index is 15.0. The van der Waals surface area contributed by atoms with Crippen LogP contribution >= 0.6 is 0 Å². The zero-order chi connectivity index (χ0) is 50.6. The summed E-state index contributed by atoms with van der Waals surface area (Å²) >= 11 is 0. The van der Waals surface area contributed by atoms with Gasteiger partial charge in [-0.3, -0.25) is 14.4 Å². The van der Waals surface area contributed by atoms with Gasteiger partial charge in [-0.15, -0.1) is 0 Å². The Labute approximate surface area is 418 Å². The molecule has 16 unspecified atom stereocenters. The van der Waals surface area contributed by atoms with Gasteiger partial charge in [0.05, 0.1) is 31.2 Å². The van der Waals surface area contributed by atoms with Gasteiger partial charge in [-0.2, -0.15) is 0 Å². The van der Waals surface area contributed by atoms with Crippen molar-refractivity contribution in [3.63, 3.8) is 0 Å². The second kappa shape index (κ2) is 14.4. The second-order valence-corrected chi connectivity index (χ2v) is 28.0. The van der Waals surface area contributed by atoms with Gasteiger partial charge in [0, 0.05) is 23.7 Å². The molecule has 382 valence electrons. The highest BCUT2D eigenvalue weighted by atomic mass is 16.7. The Balaban J connectivity index is 0.971. The number of ketones is 1. The van der Waals surface area contributed by atoms with Crippen LogP contribution in [-0.4, -0.2) is 55.5 Å². The summed E-state index contributed by atoms with van der Waals surface area (Å²) in [4.78, 5) is 41.8. The minimum absolute atomic E-state index is 0.0134. The first-order chi connectivity index (χ1) is 32.5. The number of carbonyl (C=O) groups is 3. The summed E-state index contributed by atoms with van der Waals surface area (Å²) in [6.07, 6.45) is 20.3. The van der Waals surface area contributed by atoms with Crippen LogP contribution in [0.2, 0.25) is 0 Å². The Morgan fingerprint density at radius 2 is 1.19 bits per heavy atom. The molecule has 0 radical (unpaired) electrons. The van der Waals surface area contributed by atoms with Crippen LogP contribution in [0.1, 0.15) is 195 Å². The summed E-state index contributed by atoms with van der Waals surface area (Å²) in [5.41, 5.74) is 2.97. The summed E-state index contributed by atoms with van der Waals surface area (Å²) in [6, 6.07) is 2.11. The van der Waals surface area contributed by atoms with E-state index in [9.17, 15) is 14.7 Å². The first-order valence-electron chi connectivity index (χ1n) is 27.2. The van der Waals surface area contributed by atoms with Crippen molar-refractivity contribution < 1.29 is 43.2 Å². The summed E-state index contributed by atoms with van der Waals surface area (Å²) in [5.74, 6) is -1.03. The van der Waals surface area contributed by atoms with E-state index in [0.29, 0.717) is 23.3 Å². The highest BCUT2D eigenvalue weighted by Gasteiger charge is 2.73. The van der Waals surface area contributed by atoms with E-state index in [1.807, 2.05) is 14.0 Å². The highest BCUT2D eigenvalue weighted by molar-refractivity contribution is 6.02. The van der Waals surface area contributed by atoms with Gasteiger partial charge in [0.15, 0.2) is 11.5 Å². The molecule has 0 amide bonds. The molecule has 9 heteroatoms. The van der Waals surface area contributed by atoms with Crippen LogP contribution < -0.4 is 9.47 Å². The fourth-order valence-electron chi connectivity index (χ4n) is 19.9. The molecule has 9 aliphatic carbocycles. The molecule has 6 saturated carbocycles. The van der Waals surface area contributed by atoms with Crippen molar-refractivity contribution in [1.82, 2.24) is 0 Å². The number of methoxy groups -OCH3 is 3. The van der Waals surface area contributed by atoms with Crippen LogP contribution in [0.4, 0.5) is 0 Å². The maximum Gasteiger partial charge on any atom is 0.317 e. The van der Waals surface area contributed by atoms with E-state index < -0.39 is 33.4 Å². The first-order valence-corrected chi connectivity index (χ1v) is 27.2. The fourth-order valence-corrected chi connectivity index (χ4v) is 19.9. The number of carbonyl (C=O) groups excluding carboxylic acids is 3. The molecule has 11 rings (SSSR count). The Kier molecular flexibility index (Phi) is 10.1. The molecule has 0 aromatic heterocycles. The van der Waals surface area contributed by atoms with Crippen LogP contribution in [0.5, 0.6) is 11.5 Å². The second-order valence-electron chi connectivity index (χ2n) is 28.0. The molecule has 6 fully saturated rings. The Hall–Kier alpha value is -3.43. The summed E-state index contributed by atoms with van der Waals surface area (Å²) in [5, 5.41) is 13.0. The number of esters is 2. The Morgan fingerprint density at radius 1 is 0.643 bits per heavy atom. The third-order valence-electron chi connectivity index (χ3n) is 25.2. The number of aliphatic hydroxyl groups is 1. The number of hydrogen-bond donors (Lipinski definition) is 1. The zero-order valence-corrected chi connectivity index (χ0v) is 45.4. The number of benzene rings is 1. The minimum atomic E-state index is -2.30. The molecule has 16 atom stereocenters. The number of fused-ring (bicyclic) bond motifs is 17. The Bertz CT molecular complexity index is 2630. The first kappa shape index (κ1) is 48.8. The number of hydrogen-bond acceptors (Lipinski definition) is 9. The SMILES string of the molecule is COC(=O)C1(C)CCC2(C)CCC3(C)C4=CC=C5C(=CC(=O)C6(O)Oc7cc8c(c(C)c7OC56C)C(OC)CC5C8(C)CCC6(C)C7CC(C)(C(=O)OC)CCC7(C)CCC56C)C4(C)CCC3(C)C2C1. The Morgan fingerprint density at radius 3 is 1.79 bits per heavy atom. The monoisotopic (exact) mass is 961 g/mol. The summed E-state index contributed by atoms with van der Waals surface area (Å²) in [6.45, 7) is 28.0. The average Bonchev–Trinajstić information content (AvgIpc) is 3.32. The molecule has 9 nitrogen and oxygen atoms in total. The molecule has 70 heavy (non-hydrogen) atoms. The molecule has 0 spiro atoms. The van der Waals surface area contributed by atoms with E-state index in [1.54, 1.807) is 6.08 Å². The van der Waals surface area contributed by atoms with Gasteiger partial charge in [-0.05, 0) is 209 Å². The van der Waals surface area contributed by atoms with Gasteiger partial charge in [0.25, 0.3) is 0 Å². The normalized spacial score (nSPS) is 50.5. The van der Waals surface area contributed by atoms with E-state index in [4.69, 9.17) is 23.7 Å². The van der Waals surface area contributed by atoms with E-state index in [-0.39, 0.29) is 61.9 Å². The molecule has 1 aromatic rings. The van der Waals surface area contributed by atoms with Crippen LogP contribution in [0.3, 0.4) is 0 Å². The summed E-state index contributed by atoms with van der Waals surface area (Å²) < 4.78 is 31.7. The van der Waals surface area contributed by atoms with Crippen LogP contribution in [-0.2, 0) is 34.0 Å². The average molecular weight is 961 g/mol. The van der Waals surface area contributed by atoms with Crippen molar-refractivity contribution in [2.24, 2.45) is 66.5 Å². The molecule has 1 aromatic carbocycles. The van der Waals surface area contributed by atoms with Gasteiger partial charge in [-0.25, -0.2) is 0 Å². The standard InChI is InChI=1S/C61H84O9/c1-35-46-38(55(7)25-29-59(11)44-34-53(5,49(64)68-15)21-19-51(44,3)23-27-57(59,9)42(55)32-39(46)66-13)30-40-47(35)70-60(12)36-16-17-41-54(6,37(36)31-45(62)61(60,65)69-40)24-28-58(10)43-33-52(4,48(63)67-14)20-18-50(43,2)22-26-56(41,58)8/h16-17,30-31,39,42-44,65H,18-29,32-34H2,1-15H3. The van der Waals surface area contributed by atoms with Gasteiger partial charge in [0.2, 0.25) is 11.4 Å².